The summed E-state index contributed by atoms with van der Waals surface area (Å²) in [7, 11) is 3.85. The predicted molar refractivity (Wildman–Crippen MR) is 577 cm³/mol. The van der Waals surface area contributed by atoms with Crippen molar-refractivity contribution in [2.45, 2.75) is 418 Å². The van der Waals surface area contributed by atoms with Crippen molar-refractivity contribution in [1.82, 2.24) is 25.3 Å². The number of hydrogen-bond acceptors (Lipinski definition) is 29. The topological polar surface area (TPSA) is 349 Å². The predicted octanol–water partition coefficient (Wildman–Crippen LogP) is 22.6. The van der Waals surface area contributed by atoms with Crippen LogP contribution >= 0.6 is 0 Å². The molecule has 0 aromatic heterocycles. The lowest BCUT2D eigenvalue weighted by molar-refractivity contribution is -0.165. The van der Waals surface area contributed by atoms with Crippen LogP contribution in [0.15, 0.2) is 0 Å². The third-order valence-electron chi connectivity index (χ3n) is 24.2. The number of esters is 12. The lowest BCUT2D eigenvalue weighted by atomic mass is 9.72. The second kappa shape index (κ2) is 73.5. The molecule has 0 aliphatic rings. The third kappa shape index (κ3) is 75.7. The minimum Gasteiger partial charge on any atom is -0.465 e. The van der Waals surface area contributed by atoms with Crippen LogP contribution in [0.2, 0.25) is 0 Å². The molecule has 0 aromatic carbocycles. The van der Waals surface area contributed by atoms with E-state index in [0.29, 0.717) is 176 Å². The zero-order valence-electron chi connectivity index (χ0n) is 100. The molecule has 0 aliphatic heterocycles. The molecule has 0 aliphatic carbocycles. The summed E-state index contributed by atoms with van der Waals surface area (Å²) in [6, 6.07) is 0. The largest absolute Gasteiger partial charge is 0.465 e. The van der Waals surface area contributed by atoms with E-state index in [1.165, 1.54) is 0 Å². The second-order valence-electron chi connectivity index (χ2n) is 49.3. The molecular formula is C114H221N5O24. The van der Waals surface area contributed by atoms with Gasteiger partial charge in [-0.25, -0.2) is 0 Å². The molecule has 11 unspecified atom stereocenters. The molecule has 11 atom stereocenters. The van der Waals surface area contributed by atoms with Gasteiger partial charge in [0.1, 0.15) is 33.0 Å². The molecule has 0 spiro atoms. The Hall–Kier alpha value is -6.56. The maximum Gasteiger partial charge on any atom is 0.311 e. The average Bonchev–Trinajstić information content (AvgIpc) is 0.811. The van der Waals surface area contributed by atoms with Crippen LogP contribution in [0.4, 0.5) is 0 Å². The van der Waals surface area contributed by atoms with Gasteiger partial charge >= 0.3 is 71.6 Å². The monoisotopic (exact) mass is 2040 g/mol. The SMILES string of the molecule is CCC(C)(CC(C)C(=O)OCCN(C)C)C(=O)OCC(C)(C)C.CCC(C)(CC(C)C(=O)OCCNC(C)(C)C)C(=O)OCC(C)(C)C.CCCCOC(=O)C(C)CC(CC)C(=O)OCC(C)(C)C.CCCCOC(=O)C(CC)CC(C)C(=O)OCCNC(C)(C)C.CCN(CC)CCOC(=O)C(C)(C)CC(C)(CC)C(=O)OCC(C)(C)C.CCN(CC)CCOC(=O)C(C)CC(C)(CC)C(=O)OCC(C)(C)C. The number of carbonyl (C=O) groups excluding carboxylic acids is 12. The Balaban J connectivity index is -0.000000394. The van der Waals surface area contributed by atoms with E-state index in [4.69, 9.17) is 56.8 Å². The number of nitrogens with one attached hydrogen (secondary N) is 2. The highest BCUT2D eigenvalue weighted by molar-refractivity contribution is 5.82. The zero-order valence-corrected chi connectivity index (χ0v) is 100. The Kier molecular flexibility index (Phi) is 75.7. The molecule has 0 bridgehead atoms. The van der Waals surface area contributed by atoms with E-state index in [0.717, 1.165) is 65.0 Å². The first-order valence-electron chi connectivity index (χ1n) is 53.9. The molecule has 0 amide bonds. The summed E-state index contributed by atoms with van der Waals surface area (Å²) >= 11 is 0. The molecule has 0 aromatic rings. The van der Waals surface area contributed by atoms with Crippen LogP contribution in [-0.4, -0.2) is 250 Å². The van der Waals surface area contributed by atoms with Crippen LogP contribution < -0.4 is 10.6 Å². The maximum atomic E-state index is 12.6. The van der Waals surface area contributed by atoms with Gasteiger partial charge in [0.25, 0.3) is 0 Å². The number of carbonyl (C=O) groups is 12. The number of ether oxygens (including phenoxy) is 12. The van der Waals surface area contributed by atoms with Gasteiger partial charge in [0.2, 0.25) is 0 Å². The molecule has 0 rings (SSSR count). The molecule has 143 heavy (non-hydrogen) atoms. The normalized spacial score (nSPS) is 15.2. The molecule has 0 saturated carbocycles. The summed E-state index contributed by atoms with van der Waals surface area (Å²) in [5.74, 6) is -4.87. The van der Waals surface area contributed by atoms with E-state index in [9.17, 15) is 57.5 Å². The molecule has 0 fully saturated rings. The standard InChI is InChI=1S/C21H41NO4.2C20H39NO4.2C18H35NO4.C17H32O4/c1-10-21(9,18(24)26-16-19(4,5)6)15-20(7,8)17(23)25-14-13-22(11-2)12-3;1-10-20(9,17(23)25-14-18(3,4)5)13-15(2)16(22)24-12-11-21-19(6,7)8;1-9-20(8,18(23)25-15-19(5,6)7)14-16(4)17(22)24-13-12-21(10-2)11-3;1-9-18(6,16(21)23-13-17(3,4)5)12-14(2)15(20)22-11-10-19(7)8;1-7-9-11-22-17(21)15(8-2)13-14(3)16(20)23-12-10-19-18(4,5)6;1-7-9-10-20-15(18)13(3)11-14(8-2)16(19)21-12-17(4,5)6/h10-16H2,1-9H3;15,21H,10-14H2,1-9H3;16H,9-15H2,1-8H3;14H,9-13H2,1-8H3;14-15,19H,7-13H2,1-6H3;13-14H,7-12H2,1-6H3. The number of nitrogens with zero attached hydrogens (tertiary/aromatic N) is 3. The molecule has 846 valence electrons. The van der Waals surface area contributed by atoms with Crippen molar-refractivity contribution in [2.75, 3.05) is 152 Å². The van der Waals surface area contributed by atoms with Gasteiger partial charge in [-0.3, -0.25) is 57.5 Å². The van der Waals surface area contributed by atoms with Gasteiger partial charge in [-0.1, -0.05) is 234 Å². The van der Waals surface area contributed by atoms with Crippen LogP contribution in [-0.2, 0) is 114 Å². The third-order valence-corrected chi connectivity index (χ3v) is 24.2. The van der Waals surface area contributed by atoms with Crippen molar-refractivity contribution in [3.05, 3.63) is 0 Å². The number of hydrogen-bond donors (Lipinski definition) is 2. The lowest BCUT2D eigenvalue weighted by Crippen LogP contribution is -2.40. The molecule has 0 saturated heterocycles. The van der Waals surface area contributed by atoms with Gasteiger partial charge < -0.3 is 82.2 Å². The molecule has 0 heterocycles. The number of likely N-dealkylation sites (N-methyl/N-ethyl adjacent to an activating group) is 3. The lowest BCUT2D eigenvalue weighted by Gasteiger charge is -2.34. The minimum atomic E-state index is -0.741. The Morgan fingerprint density at radius 2 is 0.503 bits per heavy atom. The van der Waals surface area contributed by atoms with Crippen LogP contribution in [0.3, 0.4) is 0 Å². The summed E-state index contributed by atoms with van der Waals surface area (Å²) in [6.07, 6.45) is 10.3. The average molecular weight is 2050 g/mol. The van der Waals surface area contributed by atoms with Gasteiger partial charge in [-0.2, -0.15) is 0 Å². The number of rotatable bonds is 60. The van der Waals surface area contributed by atoms with Crippen molar-refractivity contribution in [3.63, 3.8) is 0 Å². The molecular weight excluding hydrogens is 1820 g/mol. The van der Waals surface area contributed by atoms with Gasteiger partial charge in [0, 0.05) is 43.8 Å². The van der Waals surface area contributed by atoms with Gasteiger partial charge in [0.05, 0.1) is 115 Å². The van der Waals surface area contributed by atoms with E-state index in [1.54, 1.807) is 0 Å². The Morgan fingerprint density at radius 1 is 0.266 bits per heavy atom. The summed E-state index contributed by atoms with van der Waals surface area (Å²) in [5.41, 5.74) is -3.77. The maximum absolute atomic E-state index is 12.6. The minimum absolute atomic E-state index is 0.00435. The highest BCUT2D eigenvalue weighted by Gasteiger charge is 2.45. The molecule has 29 nitrogen and oxygen atoms in total. The summed E-state index contributed by atoms with van der Waals surface area (Å²) in [5, 5.41) is 6.54. The first-order chi connectivity index (χ1) is 65.3. The van der Waals surface area contributed by atoms with Crippen molar-refractivity contribution in [3.8, 4) is 0 Å². The fourth-order valence-corrected chi connectivity index (χ4v) is 13.7. The van der Waals surface area contributed by atoms with E-state index in [1.807, 2.05) is 241 Å². The first-order valence-corrected chi connectivity index (χ1v) is 53.9. The highest BCUT2D eigenvalue weighted by atomic mass is 16.6. The van der Waals surface area contributed by atoms with Crippen LogP contribution in [0.5, 0.6) is 0 Å². The second-order valence-corrected chi connectivity index (χ2v) is 49.3. The Labute approximate surface area is 873 Å². The van der Waals surface area contributed by atoms with Crippen molar-refractivity contribution in [2.24, 2.45) is 95.6 Å². The zero-order chi connectivity index (χ0) is 113. The van der Waals surface area contributed by atoms with E-state index in [2.05, 4.69) is 104 Å². The smallest absolute Gasteiger partial charge is 0.311 e. The van der Waals surface area contributed by atoms with Gasteiger partial charge in [-0.15, -0.1) is 0 Å². The summed E-state index contributed by atoms with van der Waals surface area (Å²) < 4.78 is 64.5. The summed E-state index contributed by atoms with van der Waals surface area (Å²) in [4.78, 5) is 153. The van der Waals surface area contributed by atoms with Crippen LogP contribution in [0, 0.1) is 95.6 Å². The Bertz CT molecular complexity index is 3510. The van der Waals surface area contributed by atoms with Crippen LogP contribution in [0.25, 0.3) is 0 Å². The van der Waals surface area contributed by atoms with Crippen molar-refractivity contribution >= 4 is 71.6 Å². The van der Waals surface area contributed by atoms with E-state index < -0.39 is 27.1 Å². The van der Waals surface area contributed by atoms with Gasteiger partial charge in [-0.05, 0) is 240 Å². The molecule has 0 radical (unpaired) electrons. The van der Waals surface area contributed by atoms with Crippen LogP contribution in [0.1, 0.15) is 407 Å². The van der Waals surface area contributed by atoms with Crippen molar-refractivity contribution in [1.29, 1.82) is 0 Å². The quantitative estimate of drug-likeness (QED) is 0.0324. The first kappa shape index (κ1) is 147. The Morgan fingerprint density at radius 3 is 0.755 bits per heavy atom. The summed E-state index contributed by atoms with van der Waals surface area (Å²) in [6.45, 7) is 98.9. The molecule has 2 N–H and O–H groups in total. The fraction of sp³-hybridized carbons (Fsp3) is 0.895. The van der Waals surface area contributed by atoms with Crippen molar-refractivity contribution < 1.29 is 114 Å². The van der Waals surface area contributed by atoms with Gasteiger partial charge in [0.15, 0.2) is 0 Å². The molecule has 29 heteroatoms. The van der Waals surface area contributed by atoms with E-state index >= 15 is 0 Å². The number of unbranched alkanes of at least 4 members (excludes halogenated alkanes) is 2. The highest BCUT2D eigenvalue weighted by Crippen LogP contribution is 2.41. The fourth-order valence-electron chi connectivity index (χ4n) is 13.7. The van der Waals surface area contributed by atoms with E-state index in [-0.39, 0.29) is 151 Å².